The lowest BCUT2D eigenvalue weighted by Crippen LogP contribution is -2.45. The highest BCUT2D eigenvalue weighted by molar-refractivity contribution is 7.89. The van der Waals surface area contributed by atoms with Gasteiger partial charge in [0, 0.05) is 13.1 Å². The first-order valence-electron chi connectivity index (χ1n) is 10.5. The van der Waals surface area contributed by atoms with Crippen molar-refractivity contribution < 1.29 is 27.8 Å². The number of allylic oxidation sites excluding steroid dienone is 3. The van der Waals surface area contributed by atoms with Crippen LogP contribution >= 0.6 is 0 Å². The van der Waals surface area contributed by atoms with Crippen LogP contribution in [0.15, 0.2) is 72.1 Å². The fraction of sp³-hybridized carbons (Fsp3) is 0.333. The number of rotatable bonds is 10. The average Bonchev–Trinajstić information content (AvgIpc) is 2.84. The predicted molar refractivity (Wildman–Crippen MR) is 126 cm³/mol. The molecule has 0 amide bonds. The maximum atomic E-state index is 13.6. The fourth-order valence-corrected chi connectivity index (χ4v) is 4.93. The molecular weight excluding hydrogens is 444 g/mol. The second-order valence-electron chi connectivity index (χ2n) is 7.76. The minimum absolute atomic E-state index is 0.136. The molecule has 2 aromatic carbocycles. The minimum atomic E-state index is -3.93. The third-order valence-electron chi connectivity index (χ3n) is 5.46. The Balaban J connectivity index is 1.89. The monoisotopic (exact) mass is 474 g/mol. The maximum absolute atomic E-state index is 13.6. The van der Waals surface area contributed by atoms with Gasteiger partial charge in [-0.3, -0.25) is 0 Å². The van der Waals surface area contributed by atoms with Crippen molar-refractivity contribution in [3.8, 4) is 11.5 Å². The number of methoxy groups -OCH3 is 2. The largest absolute Gasteiger partial charge is 0.497 e. The smallest absolute Gasteiger partial charge is 0.220 e. The Morgan fingerprint density at radius 3 is 1.82 bits per heavy atom. The molecule has 178 valence electrons. The van der Waals surface area contributed by atoms with Crippen molar-refractivity contribution in [2.24, 2.45) is 0 Å². The van der Waals surface area contributed by atoms with Crippen LogP contribution in [0.5, 0.6) is 11.5 Å². The zero-order valence-electron chi connectivity index (χ0n) is 19.2. The molecule has 0 fully saturated rings. The Labute approximate surface area is 195 Å². The van der Waals surface area contributed by atoms with Gasteiger partial charge in [0.15, 0.2) is 0 Å². The van der Waals surface area contributed by atoms with Gasteiger partial charge in [-0.15, -0.1) is 0 Å². The number of sulfonamides is 1. The number of nitrogens with one attached hydrogen (secondary N) is 1. The summed E-state index contributed by atoms with van der Waals surface area (Å²) < 4.78 is 39.0. The highest BCUT2D eigenvalue weighted by Crippen LogP contribution is 2.24. The topological polar surface area (TPSA) is 97.3 Å². The summed E-state index contributed by atoms with van der Waals surface area (Å²) in [4.78, 5) is 5.22. The molecule has 8 nitrogen and oxygen atoms in total. The van der Waals surface area contributed by atoms with Gasteiger partial charge >= 0.3 is 0 Å². The summed E-state index contributed by atoms with van der Waals surface area (Å²) in [5, 5.41) is 9.68. The molecule has 0 saturated heterocycles. The van der Waals surface area contributed by atoms with Crippen LogP contribution in [0, 0.1) is 0 Å². The van der Waals surface area contributed by atoms with Gasteiger partial charge in [-0.1, -0.05) is 24.3 Å². The molecule has 2 N–H and O–H groups in total. The van der Waals surface area contributed by atoms with Gasteiger partial charge < -0.3 is 19.4 Å². The number of hydroxylamine groups is 1. The molecule has 0 unspecified atom stereocenters. The number of hydrogen-bond donors (Lipinski definition) is 2. The lowest BCUT2D eigenvalue weighted by atomic mass is 10.2. The lowest BCUT2D eigenvalue weighted by molar-refractivity contribution is 0.0908. The molecule has 0 aromatic heterocycles. The molecule has 0 radical (unpaired) electrons. The van der Waals surface area contributed by atoms with E-state index < -0.39 is 21.4 Å². The lowest BCUT2D eigenvalue weighted by Gasteiger charge is -2.30. The molecule has 3 rings (SSSR count). The third kappa shape index (κ3) is 6.07. The van der Waals surface area contributed by atoms with Gasteiger partial charge in [-0.25, -0.2) is 13.9 Å². The number of aliphatic hydroxyl groups is 1. The number of benzene rings is 2. The van der Waals surface area contributed by atoms with Crippen LogP contribution in [0.4, 0.5) is 0 Å². The van der Waals surface area contributed by atoms with Crippen LogP contribution in [0.1, 0.15) is 25.0 Å². The molecule has 2 atom stereocenters. The Kier molecular flexibility index (Phi) is 8.01. The van der Waals surface area contributed by atoms with Gasteiger partial charge in [0.25, 0.3) is 0 Å². The summed E-state index contributed by atoms with van der Waals surface area (Å²) in [6, 6.07) is 14.4. The van der Waals surface area contributed by atoms with Gasteiger partial charge in [-0.2, -0.15) is 4.31 Å². The van der Waals surface area contributed by atoms with E-state index in [0.717, 1.165) is 11.1 Å². The van der Waals surface area contributed by atoms with E-state index in [-0.39, 0.29) is 18.8 Å². The molecular formula is C24H30N2O6S. The first kappa shape index (κ1) is 24.6. The van der Waals surface area contributed by atoms with Crippen LogP contribution < -0.4 is 15.0 Å². The average molecular weight is 475 g/mol. The minimum Gasteiger partial charge on any atom is -0.497 e. The normalized spacial score (nSPS) is 15.6. The van der Waals surface area contributed by atoms with E-state index in [4.69, 9.17) is 14.3 Å². The Morgan fingerprint density at radius 1 is 0.939 bits per heavy atom. The first-order valence-corrected chi connectivity index (χ1v) is 12.0. The molecule has 0 spiro atoms. The standard InChI is InChI=1S/C24H30N2O6S/c1-17-5-14-23(25-32-17)24(27)18(2)33(28,29)26(15-19-6-10-21(30-3)11-7-19)16-20-8-12-22(31-4)13-9-20/h5-14,18,24-25,27H,15-16H2,1-4H3/t18-,24-/m1/s1. The first-order chi connectivity index (χ1) is 15.7. The van der Waals surface area contributed by atoms with Crippen LogP contribution in [0.25, 0.3) is 0 Å². The van der Waals surface area contributed by atoms with E-state index in [1.54, 1.807) is 57.6 Å². The molecule has 1 aliphatic heterocycles. The van der Waals surface area contributed by atoms with Crippen LogP contribution in [0.3, 0.4) is 0 Å². The summed E-state index contributed by atoms with van der Waals surface area (Å²) in [6.45, 7) is 3.51. The quantitative estimate of drug-likeness (QED) is 0.546. The summed E-state index contributed by atoms with van der Waals surface area (Å²) >= 11 is 0. The van der Waals surface area contributed by atoms with E-state index in [9.17, 15) is 13.5 Å². The highest BCUT2D eigenvalue weighted by Gasteiger charge is 2.36. The molecule has 2 aromatic rings. The van der Waals surface area contributed by atoms with Gasteiger partial charge in [-0.05, 0) is 61.4 Å². The number of aliphatic hydroxyl groups excluding tert-OH is 1. The Bertz CT molecular complexity index is 1050. The van der Waals surface area contributed by atoms with Crippen molar-refractivity contribution in [2.45, 2.75) is 38.3 Å². The van der Waals surface area contributed by atoms with Crippen molar-refractivity contribution in [3.05, 3.63) is 83.3 Å². The summed E-state index contributed by atoms with van der Waals surface area (Å²) in [5.41, 5.74) is 4.50. The second-order valence-corrected chi connectivity index (χ2v) is 10.1. The fourth-order valence-electron chi connectivity index (χ4n) is 3.33. The highest BCUT2D eigenvalue weighted by atomic mass is 32.2. The number of ether oxygens (including phenoxy) is 2. The zero-order chi connectivity index (χ0) is 24.0. The van der Waals surface area contributed by atoms with Gasteiger partial charge in [0.05, 0.1) is 19.9 Å². The van der Waals surface area contributed by atoms with E-state index >= 15 is 0 Å². The number of nitrogens with zero attached hydrogens (tertiary/aromatic N) is 1. The Hall–Kier alpha value is -3.01. The van der Waals surface area contributed by atoms with E-state index in [1.807, 2.05) is 24.3 Å². The molecule has 1 aliphatic rings. The molecule has 1 heterocycles. The number of hydrogen-bond acceptors (Lipinski definition) is 7. The molecule has 0 aliphatic carbocycles. The summed E-state index contributed by atoms with van der Waals surface area (Å²) in [7, 11) is -0.775. The van der Waals surface area contributed by atoms with Crippen molar-refractivity contribution in [1.82, 2.24) is 9.79 Å². The van der Waals surface area contributed by atoms with E-state index in [2.05, 4.69) is 5.48 Å². The predicted octanol–water partition coefficient (Wildman–Crippen LogP) is 3.11. The van der Waals surface area contributed by atoms with Gasteiger partial charge in [0.1, 0.15) is 28.6 Å². The van der Waals surface area contributed by atoms with E-state index in [1.165, 1.54) is 11.2 Å². The van der Waals surface area contributed by atoms with Crippen LogP contribution in [-0.4, -0.2) is 43.4 Å². The van der Waals surface area contributed by atoms with Crippen LogP contribution in [-0.2, 0) is 28.0 Å². The summed E-state index contributed by atoms with van der Waals surface area (Å²) in [5.74, 6) is 1.98. The van der Waals surface area contributed by atoms with E-state index in [0.29, 0.717) is 17.3 Å². The molecule has 9 heteroatoms. The van der Waals surface area contributed by atoms with Crippen LogP contribution in [0.2, 0.25) is 0 Å². The third-order valence-corrected chi connectivity index (χ3v) is 7.63. The van der Waals surface area contributed by atoms with Crippen molar-refractivity contribution in [1.29, 1.82) is 0 Å². The SMILES string of the molecule is COc1ccc(CN(Cc2ccc(OC)cc2)S(=O)(=O)[C@H](C)[C@@H](O)C2=CC=C(C)ON2)cc1. The molecule has 0 bridgehead atoms. The molecule has 0 saturated carbocycles. The second kappa shape index (κ2) is 10.7. The van der Waals surface area contributed by atoms with Crippen molar-refractivity contribution >= 4 is 10.0 Å². The van der Waals surface area contributed by atoms with Gasteiger partial charge in [0.2, 0.25) is 10.0 Å². The zero-order valence-corrected chi connectivity index (χ0v) is 20.0. The van der Waals surface area contributed by atoms with Crippen molar-refractivity contribution in [2.75, 3.05) is 14.2 Å². The molecule has 33 heavy (non-hydrogen) atoms. The summed E-state index contributed by atoms with van der Waals surface area (Å²) in [6.07, 6.45) is 1.99. The van der Waals surface area contributed by atoms with Crippen molar-refractivity contribution in [3.63, 3.8) is 0 Å². The maximum Gasteiger partial charge on any atom is 0.220 e. The Morgan fingerprint density at radius 2 is 1.42 bits per heavy atom.